The molecule has 4 rings (SSSR count). The second-order valence-electron chi connectivity index (χ2n) is 5.05. The molecule has 1 aromatic heterocycles. The van der Waals surface area contributed by atoms with Gasteiger partial charge in [0.25, 0.3) is 5.43 Å². The van der Waals surface area contributed by atoms with Gasteiger partial charge in [0.05, 0.1) is 0 Å². The van der Waals surface area contributed by atoms with Gasteiger partial charge < -0.3 is 15.2 Å². The summed E-state index contributed by atoms with van der Waals surface area (Å²) in [5, 5.41) is 22.5. The Kier molecular flexibility index (Phi) is 2.24. The summed E-state index contributed by atoms with van der Waals surface area (Å²) in [5.74, 6) is -0.858. The van der Waals surface area contributed by atoms with Crippen molar-refractivity contribution < 1.29 is 10.2 Å². The zero-order valence-corrected chi connectivity index (χ0v) is 10.9. The fourth-order valence-corrected chi connectivity index (χ4v) is 2.76. The van der Waals surface area contributed by atoms with Crippen LogP contribution in [0, 0.1) is 0 Å². The van der Waals surface area contributed by atoms with Gasteiger partial charge in [-0.1, -0.05) is 24.3 Å². The minimum atomic E-state index is -0.747. The number of phenols is 2. The van der Waals surface area contributed by atoms with Crippen LogP contribution >= 0.6 is 0 Å². The third kappa shape index (κ3) is 1.59. The van der Waals surface area contributed by atoms with Crippen LogP contribution in [-0.2, 0) is 0 Å². The van der Waals surface area contributed by atoms with E-state index in [-0.39, 0.29) is 0 Å². The van der Waals surface area contributed by atoms with E-state index < -0.39 is 16.9 Å². The summed E-state index contributed by atoms with van der Waals surface area (Å²) in [4.78, 5) is 15.1. The summed E-state index contributed by atoms with van der Waals surface area (Å²) in [6, 6.07) is 14.7. The van der Waals surface area contributed by atoms with Gasteiger partial charge in [-0.3, -0.25) is 4.79 Å². The molecule has 21 heavy (non-hydrogen) atoms. The molecule has 3 N–H and O–H groups in total. The van der Waals surface area contributed by atoms with E-state index in [0.717, 1.165) is 21.8 Å². The van der Waals surface area contributed by atoms with Crippen molar-refractivity contribution in [2.24, 2.45) is 0 Å². The van der Waals surface area contributed by atoms with E-state index in [9.17, 15) is 15.0 Å². The van der Waals surface area contributed by atoms with Crippen LogP contribution in [0.4, 0.5) is 0 Å². The van der Waals surface area contributed by atoms with Gasteiger partial charge in [-0.2, -0.15) is 0 Å². The van der Waals surface area contributed by atoms with Crippen molar-refractivity contribution in [1.82, 2.24) is 4.98 Å². The molecule has 4 heteroatoms. The van der Waals surface area contributed by atoms with E-state index in [1.54, 1.807) is 6.07 Å². The highest BCUT2D eigenvalue weighted by Crippen LogP contribution is 2.33. The first-order valence-electron chi connectivity index (χ1n) is 6.54. The van der Waals surface area contributed by atoms with Crippen LogP contribution < -0.4 is 5.43 Å². The number of aromatic nitrogens is 1. The van der Waals surface area contributed by atoms with E-state index >= 15 is 0 Å². The van der Waals surface area contributed by atoms with Crippen LogP contribution in [0.2, 0.25) is 0 Å². The Labute approximate surface area is 118 Å². The number of hydrogen-bond donors (Lipinski definition) is 3. The quantitative estimate of drug-likeness (QED) is 0.341. The Morgan fingerprint density at radius 1 is 0.857 bits per heavy atom. The lowest BCUT2D eigenvalue weighted by atomic mass is 10.0. The van der Waals surface area contributed by atoms with Gasteiger partial charge in [-0.05, 0) is 35.0 Å². The van der Waals surface area contributed by atoms with Crippen molar-refractivity contribution in [3.63, 3.8) is 0 Å². The highest BCUT2D eigenvalue weighted by molar-refractivity contribution is 6.12. The van der Waals surface area contributed by atoms with Gasteiger partial charge in [0.15, 0.2) is 11.5 Å². The maximum atomic E-state index is 11.8. The van der Waals surface area contributed by atoms with E-state index in [0.29, 0.717) is 10.8 Å². The van der Waals surface area contributed by atoms with Gasteiger partial charge in [0, 0.05) is 21.8 Å². The number of pyridine rings is 1. The van der Waals surface area contributed by atoms with Crippen molar-refractivity contribution in [3.05, 3.63) is 58.8 Å². The van der Waals surface area contributed by atoms with Crippen LogP contribution in [0.3, 0.4) is 0 Å². The molecule has 102 valence electrons. The number of H-pyrrole nitrogens is 1. The molecule has 0 atom stereocenters. The van der Waals surface area contributed by atoms with Gasteiger partial charge >= 0.3 is 0 Å². The maximum absolute atomic E-state index is 11.8. The standard InChI is InChI=1S/C17H11NO3/c19-14-8-10-5-6-13-11(15(10)17(21)16(14)20)7-9-3-1-2-4-12(9)18-13/h1-8,18-19,21H. The number of hydrogen-bond acceptors (Lipinski definition) is 3. The van der Waals surface area contributed by atoms with Crippen LogP contribution in [0.25, 0.3) is 32.6 Å². The van der Waals surface area contributed by atoms with Crippen molar-refractivity contribution in [1.29, 1.82) is 0 Å². The molecule has 0 radical (unpaired) electrons. The van der Waals surface area contributed by atoms with E-state index in [4.69, 9.17) is 0 Å². The molecule has 0 amide bonds. The van der Waals surface area contributed by atoms with Crippen molar-refractivity contribution in [3.8, 4) is 11.5 Å². The van der Waals surface area contributed by atoms with Crippen molar-refractivity contribution in [2.45, 2.75) is 0 Å². The second kappa shape index (κ2) is 3.99. The Morgan fingerprint density at radius 3 is 2.52 bits per heavy atom. The number of para-hydroxylation sites is 1. The van der Waals surface area contributed by atoms with E-state index in [1.807, 2.05) is 36.4 Å². The van der Waals surface area contributed by atoms with Gasteiger partial charge in [0.1, 0.15) is 0 Å². The monoisotopic (exact) mass is 277 g/mol. The van der Waals surface area contributed by atoms with Crippen LogP contribution in [0.1, 0.15) is 0 Å². The fourth-order valence-electron chi connectivity index (χ4n) is 2.76. The Hall–Kier alpha value is -3.01. The lowest BCUT2D eigenvalue weighted by molar-refractivity contribution is 0.446. The summed E-state index contributed by atoms with van der Waals surface area (Å²) in [6.45, 7) is 0. The molecule has 3 aromatic carbocycles. The molecule has 0 aliphatic carbocycles. The predicted molar refractivity (Wildman–Crippen MR) is 82.9 cm³/mol. The molecule has 0 saturated carbocycles. The largest absolute Gasteiger partial charge is 0.504 e. The number of phenolic OH excluding ortho intramolecular Hbond substituents is 2. The molecule has 4 nitrogen and oxygen atoms in total. The number of benzene rings is 3. The van der Waals surface area contributed by atoms with E-state index in [1.165, 1.54) is 6.07 Å². The summed E-state index contributed by atoms with van der Waals surface area (Å²) < 4.78 is 0. The molecule has 1 heterocycles. The first-order chi connectivity index (χ1) is 10.1. The zero-order chi connectivity index (χ0) is 14.6. The maximum Gasteiger partial charge on any atom is 0.262 e. The molecule has 0 aliphatic rings. The van der Waals surface area contributed by atoms with Crippen molar-refractivity contribution in [2.75, 3.05) is 0 Å². The van der Waals surface area contributed by atoms with Crippen molar-refractivity contribution >= 4 is 32.6 Å². The third-order valence-electron chi connectivity index (χ3n) is 3.78. The van der Waals surface area contributed by atoms with Crippen LogP contribution in [-0.4, -0.2) is 15.2 Å². The molecule has 0 bridgehead atoms. The molecule has 0 aliphatic heterocycles. The average Bonchev–Trinajstić information content (AvgIpc) is 2.50. The molecule has 0 saturated heterocycles. The van der Waals surface area contributed by atoms with E-state index in [2.05, 4.69) is 4.98 Å². The molecule has 4 aromatic rings. The number of fused-ring (bicyclic) bond motifs is 4. The number of rotatable bonds is 0. The smallest absolute Gasteiger partial charge is 0.262 e. The predicted octanol–water partition coefficient (Wildman–Crippen LogP) is 3.25. The minimum absolute atomic E-state index is 0.417. The topological polar surface area (TPSA) is 73.3 Å². The minimum Gasteiger partial charge on any atom is -0.504 e. The first-order valence-corrected chi connectivity index (χ1v) is 6.54. The number of nitrogens with one attached hydrogen (secondary N) is 1. The second-order valence-corrected chi connectivity index (χ2v) is 5.05. The summed E-state index contributed by atoms with van der Waals surface area (Å²) in [5.41, 5.74) is 1.05. The lowest BCUT2D eigenvalue weighted by Crippen LogP contribution is -2.00. The summed E-state index contributed by atoms with van der Waals surface area (Å²) in [7, 11) is 0. The Balaban J connectivity index is 2.30. The third-order valence-corrected chi connectivity index (χ3v) is 3.78. The van der Waals surface area contributed by atoms with Crippen LogP contribution in [0.5, 0.6) is 11.5 Å². The van der Waals surface area contributed by atoms with Gasteiger partial charge in [0.2, 0.25) is 0 Å². The average molecular weight is 277 g/mol. The number of aromatic hydroxyl groups is 2. The van der Waals surface area contributed by atoms with Gasteiger partial charge in [-0.25, -0.2) is 0 Å². The highest BCUT2D eigenvalue weighted by atomic mass is 16.3. The molecule has 0 unspecified atom stereocenters. The highest BCUT2D eigenvalue weighted by Gasteiger charge is 2.13. The SMILES string of the molecule is O=c1c(O)cc2ccc3[nH]c4ccccc4cc3c2c1O. The summed E-state index contributed by atoms with van der Waals surface area (Å²) >= 11 is 0. The fraction of sp³-hybridized carbons (Fsp3) is 0. The lowest BCUT2D eigenvalue weighted by Gasteiger charge is -2.08. The van der Waals surface area contributed by atoms with Gasteiger partial charge in [-0.15, -0.1) is 0 Å². The normalized spacial score (nSPS) is 11.4. The molecular formula is C17H11NO3. The zero-order valence-electron chi connectivity index (χ0n) is 10.9. The molecule has 0 spiro atoms. The summed E-state index contributed by atoms with van der Waals surface area (Å²) in [6.07, 6.45) is 0. The first kappa shape index (κ1) is 11.8. The molecular weight excluding hydrogens is 266 g/mol. The van der Waals surface area contributed by atoms with Crippen LogP contribution in [0.15, 0.2) is 53.3 Å². The number of aromatic amines is 1. The molecule has 0 fully saturated rings. The Bertz CT molecular complexity index is 1080. The Morgan fingerprint density at radius 2 is 1.67 bits per heavy atom.